The molecular weight excluding hydrogens is 402 g/mol. The third-order valence-corrected chi connectivity index (χ3v) is 9.39. The zero-order chi connectivity index (χ0) is 19.5. The average molecular weight is 426 g/mol. The van der Waals surface area contributed by atoms with Crippen molar-refractivity contribution in [3.8, 4) is 0 Å². The highest BCUT2D eigenvalue weighted by Gasteiger charge is 2.59. The van der Waals surface area contributed by atoms with Gasteiger partial charge in [0, 0.05) is 10.9 Å². The predicted molar refractivity (Wildman–Crippen MR) is 116 cm³/mol. The second kappa shape index (κ2) is 6.84. The number of nitrogens with zero attached hydrogens (tertiary/aromatic N) is 2. The molecule has 0 radical (unpaired) electrons. The smallest absolute Gasteiger partial charge is 0.235 e. The number of benzene rings is 1. The van der Waals surface area contributed by atoms with Crippen LogP contribution in [0.15, 0.2) is 34.7 Å². The Morgan fingerprint density at radius 3 is 2.55 bits per heavy atom. The van der Waals surface area contributed by atoms with Gasteiger partial charge in [-0.3, -0.25) is 14.5 Å². The van der Waals surface area contributed by atoms with E-state index < -0.39 is 0 Å². The fourth-order valence-electron chi connectivity index (χ4n) is 5.50. The van der Waals surface area contributed by atoms with E-state index in [9.17, 15) is 9.59 Å². The number of likely N-dealkylation sites (tertiary alicyclic amines) is 1. The molecular formula is C22H23N3O2S2. The van der Waals surface area contributed by atoms with E-state index in [4.69, 9.17) is 4.98 Å². The summed E-state index contributed by atoms with van der Waals surface area (Å²) in [6.07, 6.45) is 10.5. The van der Waals surface area contributed by atoms with Crippen LogP contribution in [0.2, 0.25) is 0 Å². The second-order valence-corrected chi connectivity index (χ2v) is 11.2. The molecule has 150 valence electrons. The molecule has 5 nitrogen and oxygen atoms in total. The quantitative estimate of drug-likeness (QED) is 0.564. The third kappa shape index (κ3) is 2.93. The number of imide groups is 1. The summed E-state index contributed by atoms with van der Waals surface area (Å²) in [7, 11) is 0. The van der Waals surface area contributed by atoms with Gasteiger partial charge in [-0.1, -0.05) is 36.8 Å². The largest absolute Gasteiger partial charge is 0.367 e. The molecule has 2 amide bonds. The molecule has 3 fully saturated rings. The van der Waals surface area contributed by atoms with E-state index in [1.807, 2.05) is 23.9 Å². The van der Waals surface area contributed by atoms with Crippen molar-refractivity contribution < 1.29 is 9.59 Å². The lowest BCUT2D eigenvalue weighted by Gasteiger charge is -2.18. The maximum atomic E-state index is 12.8. The van der Waals surface area contributed by atoms with Crippen molar-refractivity contribution in [3.63, 3.8) is 0 Å². The first-order valence-electron chi connectivity index (χ1n) is 10.5. The van der Waals surface area contributed by atoms with Gasteiger partial charge < -0.3 is 5.32 Å². The molecule has 1 aromatic heterocycles. The summed E-state index contributed by atoms with van der Waals surface area (Å²) in [5.41, 5.74) is 1.95. The van der Waals surface area contributed by atoms with E-state index in [2.05, 4.69) is 23.5 Å². The highest BCUT2D eigenvalue weighted by atomic mass is 32.2. The number of carbonyl (C=O) groups is 2. The number of thiazole rings is 1. The van der Waals surface area contributed by atoms with Gasteiger partial charge in [0.2, 0.25) is 11.8 Å². The number of fused-ring (bicyclic) bond motifs is 6. The highest BCUT2D eigenvalue weighted by Crippen LogP contribution is 2.52. The predicted octanol–water partition coefficient (Wildman–Crippen LogP) is 4.51. The van der Waals surface area contributed by atoms with Crippen LogP contribution in [0.25, 0.3) is 10.2 Å². The molecule has 7 heteroatoms. The summed E-state index contributed by atoms with van der Waals surface area (Å²) in [5, 5.41) is 4.01. The van der Waals surface area contributed by atoms with Crippen LogP contribution in [0, 0.1) is 23.7 Å². The molecule has 29 heavy (non-hydrogen) atoms. The molecule has 1 aliphatic heterocycles. The number of anilines is 1. The summed E-state index contributed by atoms with van der Waals surface area (Å²) in [4.78, 5) is 31.8. The van der Waals surface area contributed by atoms with E-state index in [0.29, 0.717) is 5.25 Å². The maximum absolute atomic E-state index is 12.8. The lowest BCUT2D eigenvalue weighted by atomic mass is 9.85. The summed E-state index contributed by atoms with van der Waals surface area (Å²) in [6, 6.07) is 6.10. The Morgan fingerprint density at radius 2 is 1.83 bits per heavy atom. The van der Waals surface area contributed by atoms with Crippen LogP contribution in [0.3, 0.4) is 0 Å². The van der Waals surface area contributed by atoms with Gasteiger partial charge in [0.05, 0.1) is 28.7 Å². The number of thioether (sulfide) groups is 1. The van der Waals surface area contributed by atoms with Crippen LogP contribution >= 0.6 is 23.1 Å². The van der Waals surface area contributed by atoms with Gasteiger partial charge in [0.1, 0.15) is 0 Å². The summed E-state index contributed by atoms with van der Waals surface area (Å²) in [5.74, 6) is 0.264. The van der Waals surface area contributed by atoms with Crippen LogP contribution in [0.4, 0.5) is 5.69 Å². The van der Waals surface area contributed by atoms with Crippen LogP contribution < -0.4 is 5.32 Å². The number of aromatic nitrogens is 1. The zero-order valence-corrected chi connectivity index (χ0v) is 17.7. The number of nitrogens with one attached hydrogen (secondary N) is 1. The topological polar surface area (TPSA) is 62.3 Å². The number of rotatable bonds is 5. The van der Waals surface area contributed by atoms with Gasteiger partial charge in [-0.2, -0.15) is 0 Å². The molecule has 2 heterocycles. The van der Waals surface area contributed by atoms with Gasteiger partial charge in [0.15, 0.2) is 4.34 Å². The second-order valence-electron chi connectivity index (χ2n) is 8.63. The number of allylic oxidation sites excluding steroid dienone is 2. The van der Waals surface area contributed by atoms with E-state index in [1.54, 1.807) is 11.3 Å². The van der Waals surface area contributed by atoms with Crippen molar-refractivity contribution in [2.24, 2.45) is 23.7 Å². The molecule has 6 rings (SSSR count). The molecule has 4 atom stereocenters. The van der Waals surface area contributed by atoms with Gasteiger partial charge in [-0.25, -0.2) is 4.98 Å². The summed E-state index contributed by atoms with van der Waals surface area (Å²) < 4.78 is 2.29. The van der Waals surface area contributed by atoms with Crippen LogP contribution in [0.5, 0.6) is 0 Å². The molecule has 3 aliphatic carbocycles. The first-order valence-corrected chi connectivity index (χ1v) is 12.2. The van der Waals surface area contributed by atoms with Crippen molar-refractivity contribution >= 4 is 50.8 Å². The van der Waals surface area contributed by atoms with Crippen molar-refractivity contribution in [1.29, 1.82) is 0 Å². The zero-order valence-electron chi connectivity index (χ0n) is 16.0. The van der Waals surface area contributed by atoms with E-state index in [1.165, 1.54) is 30.6 Å². The number of hydrogen-bond donors (Lipinski definition) is 1. The van der Waals surface area contributed by atoms with Crippen molar-refractivity contribution in [1.82, 2.24) is 9.88 Å². The number of hydrogen-bond acceptors (Lipinski definition) is 6. The van der Waals surface area contributed by atoms with Crippen molar-refractivity contribution in [2.75, 3.05) is 12.0 Å². The molecule has 0 spiro atoms. The highest BCUT2D eigenvalue weighted by molar-refractivity contribution is 8.01. The minimum absolute atomic E-state index is 0.00142. The monoisotopic (exact) mass is 425 g/mol. The Kier molecular flexibility index (Phi) is 4.24. The molecule has 2 aromatic rings. The van der Waals surface area contributed by atoms with Crippen LogP contribution in [0.1, 0.15) is 32.1 Å². The normalized spacial score (nSPS) is 30.8. The van der Waals surface area contributed by atoms with Gasteiger partial charge in [-0.15, -0.1) is 11.3 Å². The fraction of sp³-hybridized carbons (Fsp3) is 0.500. The van der Waals surface area contributed by atoms with Gasteiger partial charge in [-0.05, 0) is 49.3 Å². The Bertz CT molecular complexity index is 996. The fourth-order valence-corrected chi connectivity index (χ4v) is 8.11. The molecule has 4 aliphatic rings. The molecule has 0 unspecified atom stereocenters. The third-order valence-electron chi connectivity index (χ3n) is 6.94. The van der Waals surface area contributed by atoms with Gasteiger partial charge in [0.25, 0.3) is 0 Å². The molecule has 2 saturated carbocycles. The number of carbonyl (C=O) groups excluding carboxylic acids is 2. The van der Waals surface area contributed by atoms with Crippen molar-refractivity contribution in [3.05, 3.63) is 30.4 Å². The molecule has 1 aromatic carbocycles. The standard InChI is InChI=1S/C22H23N3O2S2/c26-20-18-12-5-6-13(9-12)19(18)21(27)25(20)11-23-14-7-8-16-17(10-14)29-22(24-16)28-15-3-1-2-4-15/h5-8,10,12-13,15,18-19,23H,1-4,9,11H2/t12-,13+,18-,19+. The minimum Gasteiger partial charge on any atom is -0.367 e. The Labute approximate surface area is 177 Å². The van der Waals surface area contributed by atoms with Gasteiger partial charge >= 0.3 is 0 Å². The van der Waals surface area contributed by atoms with E-state index in [-0.39, 0.29) is 42.2 Å². The molecule has 2 bridgehead atoms. The Morgan fingerprint density at radius 1 is 1.10 bits per heavy atom. The van der Waals surface area contributed by atoms with E-state index in [0.717, 1.165) is 26.7 Å². The SMILES string of the molecule is O=C1[C@@H]2[C@H](C(=O)N1CNc1ccc3nc(SC4CCCC4)sc3c1)[C@@H]1C=C[C@H]2C1. The van der Waals surface area contributed by atoms with Crippen LogP contribution in [-0.2, 0) is 9.59 Å². The molecule has 1 saturated heterocycles. The summed E-state index contributed by atoms with van der Waals surface area (Å²) >= 11 is 3.65. The summed E-state index contributed by atoms with van der Waals surface area (Å²) in [6.45, 7) is 0.248. The maximum Gasteiger partial charge on any atom is 0.235 e. The number of amides is 2. The lowest BCUT2D eigenvalue weighted by Crippen LogP contribution is -2.37. The van der Waals surface area contributed by atoms with E-state index >= 15 is 0 Å². The lowest BCUT2D eigenvalue weighted by molar-refractivity contribution is -0.140. The van der Waals surface area contributed by atoms with Crippen LogP contribution in [-0.4, -0.2) is 33.6 Å². The first-order chi connectivity index (χ1) is 14.2. The average Bonchev–Trinajstić information content (AvgIpc) is 3.51. The Hall–Kier alpha value is -1.86. The minimum atomic E-state index is -0.126. The first kappa shape index (κ1) is 18.0. The van der Waals surface area contributed by atoms with Crippen molar-refractivity contribution in [2.45, 2.75) is 41.7 Å². The Balaban J connectivity index is 1.15. The molecule has 1 N–H and O–H groups in total.